The van der Waals surface area contributed by atoms with E-state index in [2.05, 4.69) is 0 Å². The molecule has 0 amide bonds. The zero-order valence-electron chi connectivity index (χ0n) is 4.79. The van der Waals surface area contributed by atoms with Crippen LogP contribution in [0.4, 0.5) is 0 Å². The molecule has 0 fully saturated rings. The second-order valence-corrected chi connectivity index (χ2v) is 3.21. The Morgan fingerprint density at radius 3 is 2.12 bits per heavy atom. The molecule has 0 aliphatic rings. The molecule has 8 heavy (non-hydrogen) atoms. The van der Waals surface area contributed by atoms with Gasteiger partial charge in [-0.3, -0.25) is 0 Å². The summed E-state index contributed by atoms with van der Waals surface area (Å²) < 4.78 is 28.0. The van der Waals surface area contributed by atoms with Gasteiger partial charge in [-0.15, -0.1) is 0 Å². The third-order valence-electron chi connectivity index (χ3n) is 0.756. The van der Waals surface area contributed by atoms with Gasteiger partial charge in [-0.1, -0.05) is 0 Å². The Kier molecular flexibility index (Phi) is 3.74. The summed E-state index contributed by atoms with van der Waals surface area (Å²) in [6.45, 7) is 0. The molecule has 0 aromatic heterocycles. The van der Waals surface area contributed by atoms with Crippen molar-refractivity contribution in [1.82, 2.24) is 0 Å². The summed E-state index contributed by atoms with van der Waals surface area (Å²) in [6.07, 6.45) is 0.541. The summed E-state index contributed by atoms with van der Waals surface area (Å²) in [5.74, 6) is -0.108. The molecule has 44 valence electrons. The van der Waals surface area contributed by atoms with E-state index < -0.39 is 10.1 Å². The maximum absolute atomic E-state index is 9.95. The molecule has 0 aliphatic carbocycles. The molecular formula is C3H7LiO3S. The van der Waals surface area contributed by atoms with Gasteiger partial charge in [0.25, 0.3) is 0 Å². The summed E-state index contributed by atoms with van der Waals surface area (Å²) in [4.78, 5) is 0. The fraction of sp³-hybridized carbons (Fsp3) is 1.00. The van der Waals surface area contributed by atoms with Crippen molar-refractivity contribution in [2.45, 2.75) is 11.5 Å². The molecule has 0 rings (SSSR count). The van der Waals surface area contributed by atoms with Gasteiger partial charge >= 0.3 is 58.1 Å². The molecule has 0 atom stereocenters. The Morgan fingerprint density at radius 1 is 1.50 bits per heavy atom. The van der Waals surface area contributed by atoms with Gasteiger partial charge in [0.05, 0.1) is 0 Å². The molecular weight excluding hydrogens is 123 g/mol. The first-order valence-electron chi connectivity index (χ1n) is 2.51. The normalized spacial score (nSPS) is 11.9. The van der Waals surface area contributed by atoms with Gasteiger partial charge in [-0.05, 0) is 0 Å². The molecule has 5 heteroatoms. The average molecular weight is 130 g/mol. The quantitative estimate of drug-likeness (QED) is 0.427. The molecule has 0 aromatic carbocycles. The van der Waals surface area contributed by atoms with E-state index in [1.54, 1.807) is 0 Å². The van der Waals surface area contributed by atoms with Gasteiger partial charge < -0.3 is 0 Å². The van der Waals surface area contributed by atoms with Crippen molar-refractivity contribution in [3.63, 3.8) is 0 Å². The topological polar surface area (TPSA) is 54.4 Å². The van der Waals surface area contributed by atoms with Crippen molar-refractivity contribution in [1.29, 1.82) is 0 Å². The van der Waals surface area contributed by atoms with E-state index in [0.29, 0.717) is 6.42 Å². The van der Waals surface area contributed by atoms with Crippen LogP contribution in [-0.4, -0.2) is 36.4 Å². The van der Waals surface area contributed by atoms with Crippen molar-refractivity contribution in [2.24, 2.45) is 0 Å². The van der Waals surface area contributed by atoms with E-state index in [1.807, 2.05) is 17.7 Å². The molecule has 0 heterocycles. The van der Waals surface area contributed by atoms with Crippen LogP contribution in [0.15, 0.2) is 0 Å². The molecule has 1 N–H and O–H groups in total. The first kappa shape index (κ1) is 8.51. The number of rotatable bonds is 3. The van der Waals surface area contributed by atoms with Crippen molar-refractivity contribution < 1.29 is 13.0 Å². The molecule has 0 saturated heterocycles. The second kappa shape index (κ2) is 3.52. The van der Waals surface area contributed by atoms with E-state index in [9.17, 15) is 8.42 Å². The van der Waals surface area contributed by atoms with Gasteiger partial charge in [0, 0.05) is 0 Å². The molecule has 0 saturated carbocycles. The van der Waals surface area contributed by atoms with E-state index in [0.717, 1.165) is 5.09 Å². The van der Waals surface area contributed by atoms with Crippen molar-refractivity contribution in [3.8, 4) is 0 Å². The predicted octanol–water partition coefficient (Wildman–Crippen LogP) is -0.149. The Bertz CT molecular complexity index is 139. The minimum atomic E-state index is -3.69. The standard InChI is InChI=1S/C3H7O3S.Li/c1-2-3-7(4,5)6;/h1-3H2,(H,4,5,6);. The summed E-state index contributed by atoms with van der Waals surface area (Å²) >= 11 is 1.87. The van der Waals surface area contributed by atoms with Gasteiger partial charge in [0.2, 0.25) is 0 Å². The fourth-order valence-electron chi connectivity index (χ4n) is 0.327. The average Bonchev–Trinajstić information content (AvgIpc) is 1.59. The van der Waals surface area contributed by atoms with Crippen LogP contribution < -0.4 is 0 Å². The number of hydrogen-bond donors (Lipinski definition) is 1. The van der Waals surface area contributed by atoms with Crippen molar-refractivity contribution >= 4 is 27.8 Å². The van der Waals surface area contributed by atoms with Crippen molar-refractivity contribution in [3.05, 3.63) is 0 Å². The van der Waals surface area contributed by atoms with Crippen LogP contribution in [0.5, 0.6) is 0 Å². The van der Waals surface area contributed by atoms with Gasteiger partial charge in [0.1, 0.15) is 0 Å². The SMILES string of the molecule is [Li][CH2]CCS(=O)(=O)O. The maximum atomic E-state index is 9.95. The third-order valence-corrected chi connectivity index (χ3v) is 1.56. The second-order valence-electron chi connectivity index (χ2n) is 1.64. The van der Waals surface area contributed by atoms with E-state index in [4.69, 9.17) is 4.55 Å². The molecule has 0 spiro atoms. The molecule has 0 bridgehead atoms. The van der Waals surface area contributed by atoms with Crippen LogP contribution in [-0.2, 0) is 10.1 Å². The molecule has 0 aliphatic heterocycles. The van der Waals surface area contributed by atoms with Crippen molar-refractivity contribution in [2.75, 3.05) is 5.75 Å². The van der Waals surface area contributed by atoms with Crippen LogP contribution in [0.1, 0.15) is 6.42 Å². The van der Waals surface area contributed by atoms with Crippen LogP contribution in [0, 0.1) is 0 Å². The first-order chi connectivity index (χ1) is 3.56. The van der Waals surface area contributed by atoms with Crippen LogP contribution in [0.25, 0.3) is 0 Å². The number of hydrogen-bond acceptors (Lipinski definition) is 2. The Labute approximate surface area is 58.4 Å². The minimum absolute atomic E-state index is 0.108. The predicted molar refractivity (Wildman–Crippen MR) is 31.6 cm³/mol. The van der Waals surface area contributed by atoms with E-state index in [1.165, 1.54) is 0 Å². The Morgan fingerprint density at radius 2 is 2.00 bits per heavy atom. The van der Waals surface area contributed by atoms with E-state index >= 15 is 0 Å². The van der Waals surface area contributed by atoms with E-state index in [-0.39, 0.29) is 5.75 Å². The van der Waals surface area contributed by atoms with Gasteiger partial charge in [-0.2, -0.15) is 0 Å². The molecule has 0 aromatic rings. The van der Waals surface area contributed by atoms with Crippen LogP contribution in [0.2, 0.25) is 5.09 Å². The van der Waals surface area contributed by atoms with Crippen LogP contribution in [0.3, 0.4) is 0 Å². The zero-order valence-corrected chi connectivity index (χ0v) is 5.61. The third kappa shape index (κ3) is 6.51. The molecule has 0 unspecified atom stereocenters. The summed E-state index contributed by atoms with van der Waals surface area (Å²) in [5, 5.41) is 0.791. The molecule has 0 radical (unpaired) electrons. The summed E-state index contributed by atoms with van der Waals surface area (Å²) in [6, 6.07) is 0. The zero-order chi connectivity index (χ0) is 6.62. The summed E-state index contributed by atoms with van der Waals surface area (Å²) in [5.41, 5.74) is 0. The molecule has 3 nitrogen and oxygen atoms in total. The monoisotopic (exact) mass is 130 g/mol. The van der Waals surface area contributed by atoms with Crippen LogP contribution >= 0.6 is 0 Å². The van der Waals surface area contributed by atoms with Gasteiger partial charge in [0.15, 0.2) is 0 Å². The Hall–Kier alpha value is 0.507. The van der Waals surface area contributed by atoms with Gasteiger partial charge in [-0.25, -0.2) is 0 Å². The first-order valence-corrected chi connectivity index (χ1v) is 4.12. The Balaban J connectivity index is 3.42. The summed E-state index contributed by atoms with van der Waals surface area (Å²) in [7, 11) is -3.69. The fourth-order valence-corrected chi connectivity index (χ4v) is 0.980.